The van der Waals surface area contributed by atoms with Crippen molar-refractivity contribution in [2.75, 3.05) is 12.4 Å². The van der Waals surface area contributed by atoms with Gasteiger partial charge in [-0.25, -0.2) is 9.38 Å². The van der Waals surface area contributed by atoms with Gasteiger partial charge < -0.3 is 10.5 Å². The minimum absolute atomic E-state index is 0.272. The Balaban J connectivity index is 1.79. The Labute approximate surface area is 134 Å². The molecule has 2 N–H and O–H groups in total. The number of thioether (sulfide) groups is 1. The molecule has 0 unspecified atom stereocenters. The van der Waals surface area contributed by atoms with E-state index in [1.54, 1.807) is 12.1 Å². The van der Waals surface area contributed by atoms with Crippen LogP contribution in [0.1, 0.15) is 11.1 Å². The third-order valence-corrected chi connectivity index (χ3v) is 3.90. The van der Waals surface area contributed by atoms with Gasteiger partial charge in [0, 0.05) is 5.75 Å². The van der Waals surface area contributed by atoms with Crippen LogP contribution < -0.4 is 10.5 Å². The molecule has 0 aliphatic heterocycles. The van der Waals surface area contributed by atoms with Crippen molar-refractivity contribution in [2.24, 2.45) is 10.7 Å². The van der Waals surface area contributed by atoms with Gasteiger partial charge in [0.2, 0.25) is 0 Å². The summed E-state index contributed by atoms with van der Waals surface area (Å²) >= 11 is 1.43. The number of hydrogen-bond acceptors (Lipinski definition) is 3. The Morgan fingerprint density at radius 1 is 1.14 bits per heavy atom. The smallest absolute Gasteiger partial charge is 0.159 e. The summed E-state index contributed by atoms with van der Waals surface area (Å²) in [5.41, 5.74) is 9.18. The monoisotopic (exact) mass is 318 g/mol. The predicted octanol–water partition coefficient (Wildman–Crippen LogP) is 4.20. The maximum atomic E-state index is 12.7. The summed E-state index contributed by atoms with van der Waals surface area (Å²) in [6.07, 6.45) is 0. The van der Waals surface area contributed by atoms with E-state index in [0.29, 0.717) is 23.3 Å². The molecule has 0 fully saturated rings. The van der Waals surface area contributed by atoms with Crippen LogP contribution in [-0.2, 0) is 0 Å². The Morgan fingerprint density at radius 2 is 1.86 bits per heavy atom. The number of nitrogens with zero attached hydrogens (tertiary/aromatic N) is 1. The molecule has 0 bridgehead atoms. The van der Waals surface area contributed by atoms with E-state index >= 15 is 0 Å². The molecule has 0 saturated carbocycles. The van der Waals surface area contributed by atoms with E-state index in [9.17, 15) is 4.39 Å². The zero-order valence-corrected chi connectivity index (χ0v) is 13.5. The van der Waals surface area contributed by atoms with Crippen LogP contribution in [0.3, 0.4) is 0 Å². The molecule has 2 aromatic rings. The lowest BCUT2D eigenvalue weighted by Gasteiger charge is -2.06. The van der Waals surface area contributed by atoms with Crippen molar-refractivity contribution in [1.29, 1.82) is 0 Å². The first-order valence-electron chi connectivity index (χ1n) is 6.97. The number of nitrogens with two attached hydrogens (primary N) is 1. The van der Waals surface area contributed by atoms with Gasteiger partial charge in [-0.1, -0.05) is 17.8 Å². The van der Waals surface area contributed by atoms with Crippen LogP contribution in [0.4, 0.5) is 10.1 Å². The van der Waals surface area contributed by atoms with Crippen molar-refractivity contribution in [2.45, 2.75) is 13.8 Å². The van der Waals surface area contributed by atoms with Crippen LogP contribution in [-0.4, -0.2) is 17.5 Å². The Kier molecular flexibility index (Phi) is 5.83. The van der Waals surface area contributed by atoms with E-state index in [-0.39, 0.29) is 5.82 Å². The summed E-state index contributed by atoms with van der Waals surface area (Å²) in [7, 11) is 0. The first-order valence-corrected chi connectivity index (χ1v) is 7.96. The molecule has 0 saturated heterocycles. The molecule has 0 spiro atoms. The summed E-state index contributed by atoms with van der Waals surface area (Å²) in [6, 6.07) is 11.9. The number of benzene rings is 2. The molecular weight excluding hydrogens is 299 g/mol. The Bertz CT molecular complexity index is 656. The topological polar surface area (TPSA) is 47.6 Å². The van der Waals surface area contributed by atoms with Gasteiger partial charge in [-0.15, -0.1) is 0 Å². The minimum atomic E-state index is -0.272. The second kappa shape index (κ2) is 7.84. The van der Waals surface area contributed by atoms with Crippen LogP contribution in [0, 0.1) is 19.7 Å². The van der Waals surface area contributed by atoms with Crippen molar-refractivity contribution in [1.82, 2.24) is 0 Å². The fourth-order valence-corrected chi connectivity index (χ4v) is 2.34. The van der Waals surface area contributed by atoms with E-state index in [0.717, 1.165) is 5.69 Å². The quantitative estimate of drug-likeness (QED) is 0.510. The first kappa shape index (κ1) is 16.4. The maximum Gasteiger partial charge on any atom is 0.159 e. The van der Waals surface area contributed by atoms with Crippen molar-refractivity contribution in [3.05, 3.63) is 59.4 Å². The average Bonchev–Trinajstić information content (AvgIpc) is 2.49. The highest BCUT2D eigenvalue weighted by Crippen LogP contribution is 2.18. The molecule has 5 heteroatoms. The summed E-state index contributed by atoms with van der Waals surface area (Å²) in [6.45, 7) is 4.60. The molecule has 0 amide bonds. The zero-order chi connectivity index (χ0) is 15.9. The molecule has 2 rings (SSSR count). The number of aliphatic imine (C=N–C) groups is 1. The highest BCUT2D eigenvalue weighted by Gasteiger charge is 1.99. The van der Waals surface area contributed by atoms with Gasteiger partial charge in [0.05, 0.1) is 12.3 Å². The summed E-state index contributed by atoms with van der Waals surface area (Å²) in [5.74, 6) is 1.05. The first-order chi connectivity index (χ1) is 10.5. The number of hydrogen-bond donors (Lipinski definition) is 1. The number of rotatable bonds is 5. The lowest BCUT2D eigenvalue weighted by atomic mass is 10.1. The molecule has 116 valence electrons. The van der Waals surface area contributed by atoms with Crippen LogP contribution in [0.2, 0.25) is 0 Å². The highest BCUT2D eigenvalue weighted by molar-refractivity contribution is 8.13. The van der Waals surface area contributed by atoms with Gasteiger partial charge in [0.1, 0.15) is 11.6 Å². The van der Waals surface area contributed by atoms with E-state index < -0.39 is 0 Å². The van der Waals surface area contributed by atoms with Crippen LogP contribution in [0.5, 0.6) is 5.75 Å². The fourth-order valence-electron chi connectivity index (χ4n) is 1.79. The number of amidine groups is 1. The van der Waals surface area contributed by atoms with Gasteiger partial charge in [-0.05, 0) is 61.4 Å². The summed E-state index contributed by atoms with van der Waals surface area (Å²) in [4.78, 5) is 4.37. The summed E-state index contributed by atoms with van der Waals surface area (Å²) in [5, 5.41) is 0.506. The molecule has 0 radical (unpaired) electrons. The third kappa shape index (κ3) is 5.07. The second-order valence-corrected chi connectivity index (χ2v) is 5.98. The van der Waals surface area contributed by atoms with Crippen LogP contribution >= 0.6 is 11.8 Å². The van der Waals surface area contributed by atoms with E-state index in [1.807, 2.05) is 25.1 Å². The van der Waals surface area contributed by atoms with Crippen LogP contribution in [0.15, 0.2) is 47.5 Å². The molecule has 0 atom stereocenters. The molecule has 0 aliphatic rings. The SMILES string of the molecule is Cc1ccc(N=C(N)SCCOc2ccc(F)cc2)cc1C. The largest absolute Gasteiger partial charge is 0.493 e. The fraction of sp³-hybridized carbons (Fsp3) is 0.235. The van der Waals surface area contributed by atoms with Crippen molar-refractivity contribution in [3.63, 3.8) is 0 Å². The van der Waals surface area contributed by atoms with Gasteiger partial charge in [-0.2, -0.15) is 0 Å². The molecule has 0 heterocycles. The van der Waals surface area contributed by atoms with Crippen LogP contribution in [0.25, 0.3) is 0 Å². The van der Waals surface area contributed by atoms with E-state index in [2.05, 4.69) is 11.9 Å². The number of aryl methyl sites for hydroxylation is 2. The standard InChI is InChI=1S/C17H19FN2OS/c1-12-3-6-15(11-13(12)2)20-17(19)22-10-9-21-16-7-4-14(18)5-8-16/h3-8,11H,9-10H2,1-2H3,(H2,19,20). The molecule has 3 nitrogen and oxygen atoms in total. The van der Waals surface area contributed by atoms with Gasteiger partial charge >= 0.3 is 0 Å². The van der Waals surface area contributed by atoms with Gasteiger partial charge in [-0.3, -0.25) is 0 Å². The zero-order valence-electron chi connectivity index (χ0n) is 12.7. The maximum absolute atomic E-state index is 12.7. The van der Waals surface area contributed by atoms with Crippen molar-refractivity contribution < 1.29 is 9.13 Å². The number of ether oxygens (including phenoxy) is 1. The summed E-state index contributed by atoms with van der Waals surface area (Å²) < 4.78 is 18.2. The van der Waals surface area contributed by atoms with Crippen molar-refractivity contribution in [3.8, 4) is 5.75 Å². The third-order valence-electron chi connectivity index (χ3n) is 3.15. The van der Waals surface area contributed by atoms with E-state index in [1.165, 1.54) is 35.0 Å². The lowest BCUT2D eigenvalue weighted by Crippen LogP contribution is -2.10. The molecular formula is C17H19FN2OS. The second-order valence-electron chi connectivity index (χ2n) is 4.87. The molecule has 0 aromatic heterocycles. The average molecular weight is 318 g/mol. The van der Waals surface area contributed by atoms with Gasteiger partial charge in [0.25, 0.3) is 0 Å². The molecule has 2 aromatic carbocycles. The van der Waals surface area contributed by atoms with Gasteiger partial charge in [0.15, 0.2) is 5.17 Å². The molecule has 22 heavy (non-hydrogen) atoms. The lowest BCUT2D eigenvalue weighted by molar-refractivity contribution is 0.343. The van der Waals surface area contributed by atoms with Crippen molar-refractivity contribution >= 4 is 22.6 Å². The Morgan fingerprint density at radius 3 is 2.55 bits per heavy atom. The molecule has 0 aliphatic carbocycles. The number of halogens is 1. The highest BCUT2D eigenvalue weighted by atomic mass is 32.2. The Hall–Kier alpha value is -2.01. The normalized spacial score (nSPS) is 11.5. The minimum Gasteiger partial charge on any atom is -0.493 e. The predicted molar refractivity (Wildman–Crippen MR) is 91.6 cm³/mol. The van der Waals surface area contributed by atoms with E-state index in [4.69, 9.17) is 10.5 Å².